The summed E-state index contributed by atoms with van der Waals surface area (Å²) in [7, 11) is 0. The number of carboxylic acid groups (broad SMARTS) is 2. The van der Waals surface area contributed by atoms with Crippen LogP contribution in [0.1, 0.15) is 27.1 Å². The Kier molecular flexibility index (Phi) is 11.3. The first-order valence-electron chi connectivity index (χ1n) is 6.99. The van der Waals surface area contributed by atoms with Crippen molar-refractivity contribution in [3.05, 3.63) is 71.8 Å². The van der Waals surface area contributed by atoms with Crippen LogP contribution in [0, 0.1) is 0 Å². The number of rotatable bonds is 4. The molecule has 24 heavy (non-hydrogen) atoms. The Hall–Kier alpha value is -2.74. The van der Waals surface area contributed by atoms with Crippen molar-refractivity contribution in [3.8, 4) is 0 Å². The molecule has 0 aromatic heterocycles. The standard InChI is InChI=1S/2C7H6O2.C3H9NO2/c2*8-7(9)6-4-2-1-3-5-6;4-3(6)1-2-5/h2*1-5H,(H,8,9);3,5-6H,1-2,4H2. The minimum atomic E-state index is -0.879. The van der Waals surface area contributed by atoms with E-state index in [2.05, 4.69) is 0 Å². The molecule has 130 valence electrons. The van der Waals surface area contributed by atoms with Gasteiger partial charge in [0.2, 0.25) is 0 Å². The predicted molar refractivity (Wildman–Crippen MR) is 88.7 cm³/mol. The molecule has 2 aromatic rings. The van der Waals surface area contributed by atoms with Gasteiger partial charge in [0.25, 0.3) is 0 Å². The molecular formula is C17H21NO6. The van der Waals surface area contributed by atoms with E-state index in [0.29, 0.717) is 11.1 Å². The van der Waals surface area contributed by atoms with Crippen LogP contribution in [0.5, 0.6) is 0 Å². The van der Waals surface area contributed by atoms with Crippen molar-refractivity contribution >= 4 is 11.9 Å². The summed E-state index contributed by atoms with van der Waals surface area (Å²) < 4.78 is 0. The summed E-state index contributed by atoms with van der Waals surface area (Å²) in [6.07, 6.45) is -0.588. The average Bonchev–Trinajstić information content (AvgIpc) is 2.57. The molecule has 0 aliphatic heterocycles. The number of carboxylic acids is 2. The summed E-state index contributed by atoms with van der Waals surface area (Å²) in [6.45, 7) is -0.0440. The molecule has 0 fully saturated rings. The van der Waals surface area contributed by atoms with E-state index in [1.165, 1.54) is 0 Å². The van der Waals surface area contributed by atoms with Gasteiger partial charge in [-0.2, -0.15) is 0 Å². The number of aromatic carboxylic acids is 2. The molecule has 0 radical (unpaired) electrons. The van der Waals surface area contributed by atoms with E-state index in [-0.39, 0.29) is 13.0 Å². The van der Waals surface area contributed by atoms with Gasteiger partial charge in [0, 0.05) is 13.0 Å². The van der Waals surface area contributed by atoms with Crippen LogP contribution in [0.3, 0.4) is 0 Å². The second-order valence-corrected chi connectivity index (χ2v) is 4.42. The minimum absolute atomic E-state index is 0.0440. The van der Waals surface area contributed by atoms with Crippen LogP contribution < -0.4 is 5.73 Å². The average molecular weight is 335 g/mol. The fourth-order valence-corrected chi connectivity index (χ4v) is 1.29. The van der Waals surface area contributed by atoms with Crippen LogP contribution in [0.2, 0.25) is 0 Å². The first kappa shape index (κ1) is 21.3. The van der Waals surface area contributed by atoms with Crippen molar-refractivity contribution in [3.63, 3.8) is 0 Å². The summed E-state index contributed by atoms with van der Waals surface area (Å²) >= 11 is 0. The van der Waals surface area contributed by atoms with Crippen molar-refractivity contribution in [1.82, 2.24) is 0 Å². The van der Waals surface area contributed by atoms with Crippen LogP contribution in [-0.4, -0.2) is 45.2 Å². The zero-order valence-electron chi connectivity index (χ0n) is 12.9. The number of hydrogen-bond acceptors (Lipinski definition) is 5. The van der Waals surface area contributed by atoms with Crippen molar-refractivity contribution < 1.29 is 30.0 Å². The Balaban J connectivity index is 0.000000340. The predicted octanol–water partition coefficient (Wildman–Crippen LogP) is 1.42. The second-order valence-electron chi connectivity index (χ2n) is 4.42. The molecular weight excluding hydrogens is 314 g/mol. The van der Waals surface area contributed by atoms with Crippen molar-refractivity contribution in [2.45, 2.75) is 12.6 Å². The molecule has 1 atom stereocenters. The van der Waals surface area contributed by atoms with Crippen LogP contribution in [0.25, 0.3) is 0 Å². The first-order valence-corrected chi connectivity index (χ1v) is 6.99. The fraction of sp³-hybridized carbons (Fsp3) is 0.176. The number of aliphatic hydroxyl groups excluding tert-OH is 2. The highest BCUT2D eigenvalue weighted by atomic mass is 16.4. The molecule has 7 heteroatoms. The SMILES string of the molecule is NC(O)CCO.O=C(O)c1ccccc1.O=C(O)c1ccccc1. The lowest BCUT2D eigenvalue weighted by Crippen LogP contribution is -2.19. The third-order valence-corrected chi connectivity index (χ3v) is 2.47. The molecule has 2 rings (SSSR count). The number of hydrogen-bond donors (Lipinski definition) is 5. The topological polar surface area (TPSA) is 141 Å². The van der Waals surface area contributed by atoms with E-state index in [4.69, 9.17) is 26.2 Å². The Morgan fingerprint density at radius 1 is 0.833 bits per heavy atom. The van der Waals surface area contributed by atoms with Gasteiger partial charge in [0.1, 0.15) is 6.23 Å². The maximum atomic E-state index is 10.2. The Morgan fingerprint density at radius 2 is 1.17 bits per heavy atom. The van der Waals surface area contributed by atoms with Gasteiger partial charge in [-0.3, -0.25) is 0 Å². The first-order chi connectivity index (χ1) is 11.4. The van der Waals surface area contributed by atoms with Crippen LogP contribution in [0.15, 0.2) is 60.7 Å². The Labute approximate surface area is 139 Å². The van der Waals surface area contributed by atoms with Crippen LogP contribution >= 0.6 is 0 Å². The van der Waals surface area contributed by atoms with Crippen molar-refractivity contribution in [2.75, 3.05) is 6.61 Å². The monoisotopic (exact) mass is 335 g/mol. The minimum Gasteiger partial charge on any atom is -0.478 e. The van der Waals surface area contributed by atoms with Gasteiger partial charge in [-0.1, -0.05) is 36.4 Å². The summed E-state index contributed by atoms with van der Waals surface area (Å²) in [6, 6.07) is 16.6. The van der Waals surface area contributed by atoms with Gasteiger partial charge in [-0.25, -0.2) is 9.59 Å². The second kappa shape index (κ2) is 12.8. The van der Waals surface area contributed by atoms with E-state index in [1.54, 1.807) is 60.7 Å². The molecule has 0 saturated heterocycles. The van der Waals surface area contributed by atoms with Gasteiger partial charge >= 0.3 is 11.9 Å². The highest BCUT2D eigenvalue weighted by Crippen LogP contribution is 1.96. The fourth-order valence-electron chi connectivity index (χ4n) is 1.29. The molecule has 0 aliphatic carbocycles. The summed E-state index contributed by atoms with van der Waals surface area (Å²) in [5, 5.41) is 32.9. The molecule has 0 aliphatic rings. The molecule has 7 nitrogen and oxygen atoms in total. The maximum absolute atomic E-state index is 10.2. The van der Waals surface area contributed by atoms with Crippen molar-refractivity contribution in [1.29, 1.82) is 0 Å². The summed E-state index contributed by atoms with van der Waals surface area (Å²) in [5.74, 6) is -1.76. The number of benzene rings is 2. The lowest BCUT2D eigenvalue weighted by atomic mass is 10.2. The summed E-state index contributed by atoms with van der Waals surface area (Å²) in [5.41, 5.74) is 5.46. The van der Waals surface area contributed by atoms with Crippen LogP contribution in [0.4, 0.5) is 0 Å². The van der Waals surface area contributed by atoms with Gasteiger partial charge in [-0.15, -0.1) is 0 Å². The van der Waals surface area contributed by atoms with Gasteiger partial charge < -0.3 is 26.2 Å². The summed E-state index contributed by atoms with van der Waals surface area (Å²) in [4.78, 5) is 20.4. The third-order valence-electron chi connectivity index (χ3n) is 2.47. The third kappa shape index (κ3) is 10.9. The molecule has 0 heterocycles. The lowest BCUT2D eigenvalue weighted by molar-refractivity contribution is 0.0686. The molecule has 0 bridgehead atoms. The van der Waals surface area contributed by atoms with Crippen LogP contribution in [-0.2, 0) is 0 Å². The largest absolute Gasteiger partial charge is 0.478 e. The zero-order valence-corrected chi connectivity index (χ0v) is 12.9. The molecule has 0 spiro atoms. The number of carbonyl (C=O) groups is 2. The van der Waals surface area contributed by atoms with Gasteiger partial charge in [0.05, 0.1) is 11.1 Å². The Bertz CT molecular complexity index is 537. The molecule has 2 aromatic carbocycles. The lowest BCUT2D eigenvalue weighted by Gasteiger charge is -1.95. The molecule has 1 unspecified atom stereocenters. The normalized spacial score (nSPS) is 10.3. The smallest absolute Gasteiger partial charge is 0.335 e. The highest BCUT2D eigenvalue weighted by molar-refractivity contribution is 5.87. The quantitative estimate of drug-likeness (QED) is 0.532. The number of aliphatic hydroxyl groups is 2. The molecule has 6 N–H and O–H groups in total. The van der Waals surface area contributed by atoms with E-state index in [0.717, 1.165) is 0 Å². The highest BCUT2D eigenvalue weighted by Gasteiger charge is 1.97. The molecule has 0 amide bonds. The van der Waals surface area contributed by atoms with E-state index >= 15 is 0 Å². The van der Waals surface area contributed by atoms with Gasteiger partial charge in [-0.05, 0) is 24.3 Å². The van der Waals surface area contributed by atoms with Gasteiger partial charge in [0.15, 0.2) is 0 Å². The van der Waals surface area contributed by atoms with E-state index in [1.807, 2.05) is 0 Å². The Morgan fingerprint density at radius 3 is 1.29 bits per heavy atom. The maximum Gasteiger partial charge on any atom is 0.335 e. The van der Waals surface area contributed by atoms with E-state index < -0.39 is 18.2 Å². The van der Waals surface area contributed by atoms with Crippen molar-refractivity contribution in [2.24, 2.45) is 5.73 Å². The zero-order chi connectivity index (χ0) is 18.4. The number of nitrogens with two attached hydrogens (primary N) is 1. The van der Waals surface area contributed by atoms with E-state index in [9.17, 15) is 9.59 Å². The molecule has 0 saturated carbocycles.